The van der Waals surface area contributed by atoms with Crippen LogP contribution in [0.1, 0.15) is 22.8 Å². The van der Waals surface area contributed by atoms with Gasteiger partial charge in [-0.2, -0.15) is 5.10 Å². The van der Waals surface area contributed by atoms with Crippen molar-refractivity contribution in [3.63, 3.8) is 0 Å². The monoisotopic (exact) mass is 409 g/mol. The summed E-state index contributed by atoms with van der Waals surface area (Å²) in [7, 11) is 1.47. The molecule has 3 rings (SSSR count). The molecule has 0 saturated carbocycles. The summed E-state index contributed by atoms with van der Waals surface area (Å²) in [5.41, 5.74) is 2.42. The van der Waals surface area contributed by atoms with Crippen LogP contribution in [0.15, 0.2) is 53.6 Å². The van der Waals surface area contributed by atoms with Crippen LogP contribution in [0.3, 0.4) is 0 Å². The predicted molar refractivity (Wildman–Crippen MR) is 111 cm³/mol. The number of hydrogen-bond acceptors (Lipinski definition) is 7. The highest BCUT2D eigenvalue weighted by Gasteiger charge is 2.20. The number of carbonyl (C=O) groups excluding carboxylic acids is 1. The second-order valence-electron chi connectivity index (χ2n) is 6.18. The average molecular weight is 409 g/mol. The Morgan fingerprint density at radius 2 is 1.90 bits per heavy atom. The van der Waals surface area contributed by atoms with Crippen LogP contribution < -0.4 is 14.9 Å². The first-order valence-corrected chi connectivity index (χ1v) is 8.99. The maximum atomic E-state index is 12.6. The van der Waals surface area contributed by atoms with Crippen molar-refractivity contribution >= 4 is 28.6 Å². The van der Waals surface area contributed by atoms with Crippen LogP contribution in [0.25, 0.3) is 10.8 Å². The Hall–Kier alpha value is -4.14. The Labute approximate surface area is 171 Å². The van der Waals surface area contributed by atoms with Crippen LogP contribution in [0, 0.1) is 10.1 Å². The zero-order valence-corrected chi connectivity index (χ0v) is 16.3. The summed E-state index contributed by atoms with van der Waals surface area (Å²) in [5.74, 6) is -0.730. The number of hydrogen-bond donors (Lipinski definition) is 2. The number of rotatable bonds is 7. The first-order valence-electron chi connectivity index (χ1n) is 8.99. The van der Waals surface area contributed by atoms with E-state index < -0.39 is 22.3 Å². The highest BCUT2D eigenvalue weighted by molar-refractivity contribution is 6.02. The summed E-state index contributed by atoms with van der Waals surface area (Å²) in [6.07, 6.45) is 1.22. The summed E-state index contributed by atoms with van der Waals surface area (Å²) in [4.78, 5) is 23.0. The molecule has 0 saturated heterocycles. The Kier molecular flexibility index (Phi) is 6.11. The fraction of sp³-hybridized carbons (Fsp3) is 0.143. The van der Waals surface area contributed by atoms with Gasteiger partial charge in [0, 0.05) is 11.6 Å². The lowest BCUT2D eigenvalue weighted by Crippen LogP contribution is -2.18. The third-order valence-electron chi connectivity index (χ3n) is 4.27. The van der Waals surface area contributed by atoms with Crippen LogP contribution >= 0.6 is 0 Å². The molecule has 0 fully saturated rings. The van der Waals surface area contributed by atoms with Crippen LogP contribution in [-0.2, 0) is 0 Å². The van der Waals surface area contributed by atoms with Crippen molar-refractivity contribution in [1.29, 1.82) is 0 Å². The second-order valence-corrected chi connectivity index (χ2v) is 6.18. The SMILES string of the molecule is CCOc1cc(/C=N/NC(=O)c2cc3ccccc3cc2OC)cc([N+](=O)[O-])c1O. The van der Waals surface area contributed by atoms with Crippen LogP contribution in [0.5, 0.6) is 17.2 Å². The first kappa shape index (κ1) is 20.6. The number of methoxy groups -OCH3 is 1. The molecule has 0 radical (unpaired) electrons. The molecule has 30 heavy (non-hydrogen) atoms. The van der Waals surface area contributed by atoms with Crippen molar-refractivity contribution < 1.29 is 24.3 Å². The van der Waals surface area contributed by atoms with E-state index in [1.165, 1.54) is 19.4 Å². The van der Waals surface area contributed by atoms with Crippen molar-refractivity contribution in [2.24, 2.45) is 5.10 Å². The molecule has 9 heteroatoms. The number of aromatic hydroxyl groups is 1. The van der Waals surface area contributed by atoms with Crippen molar-refractivity contribution in [1.82, 2.24) is 5.43 Å². The Balaban J connectivity index is 1.85. The smallest absolute Gasteiger partial charge is 0.315 e. The maximum Gasteiger partial charge on any atom is 0.315 e. The van der Waals surface area contributed by atoms with Crippen molar-refractivity contribution in [2.75, 3.05) is 13.7 Å². The fourth-order valence-electron chi connectivity index (χ4n) is 2.88. The largest absolute Gasteiger partial charge is 0.500 e. The van der Waals surface area contributed by atoms with Gasteiger partial charge in [0.2, 0.25) is 5.75 Å². The molecule has 3 aromatic carbocycles. The number of nitrogens with zero attached hydrogens (tertiary/aromatic N) is 2. The Morgan fingerprint density at radius 3 is 2.53 bits per heavy atom. The lowest BCUT2D eigenvalue weighted by Gasteiger charge is -2.09. The number of fused-ring (bicyclic) bond motifs is 1. The summed E-state index contributed by atoms with van der Waals surface area (Å²) in [6, 6.07) is 13.5. The van der Waals surface area contributed by atoms with E-state index in [1.807, 2.05) is 24.3 Å². The van der Waals surface area contributed by atoms with Gasteiger partial charge in [-0.05, 0) is 35.9 Å². The van der Waals surface area contributed by atoms with Gasteiger partial charge < -0.3 is 14.6 Å². The topological polar surface area (TPSA) is 123 Å². The molecule has 0 aliphatic heterocycles. The minimum atomic E-state index is -0.728. The average Bonchev–Trinajstić information content (AvgIpc) is 2.74. The van der Waals surface area contributed by atoms with E-state index in [2.05, 4.69) is 10.5 Å². The van der Waals surface area contributed by atoms with Crippen LogP contribution in [0.4, 0.5) is 5.69 Å². The number of carbonyl (C=O) groups is 1. The fourth-order valence-corrected chi connectivity index (χ4v) is 2.88. The number of nitro groups is 1. The van der Waals surface area contributed by atoms with Crippen LogP contribution in [-0.4, -0.2) is 35.9 Å². The van der Waals surface area contributed by atoms with Crippen molar-refractivity contribution in [2.45, 2.75) is 6.92 Å². The first-order chi connectivity index (χ1) is 14.4. The maximum absolute atomic E-state index is 12.6. The molecule has 1 amide bonds. The van der Waals surface area contributed by atoms with Gasteiger partial charge in [0.1, 0.15) is 5.75 Å². The minimum absolute atomic E-state index is 0.0457. The van der Waals surface area contributed by atoms with Gasteiger partial charge in [0.15, 0.2) is 5.75 Å². The third-order valence-corrected chi connectivity index (χ3v) is 4.27. The van der Waals surface area contributed by atoms with Gasteiger partial charge in [-0.15, -0.1) is 0 Å². The second kappa shape index (κ2) is 8.91. The van der Waals surface area contributed by atoms with Gasteiger partial charge in [-0.3, -0.25) is 14.9 Å². The molecule has 0 aliphatic rings. The molecule has 0 spiro atoms. The predicted octanol–water partition coefficient (Wildman–Crippen LogP) is 3.62. The molecule has 0 aromatic heterocycles. The lowest BCUT2D eigenvalue weighted by molar-refractivity contribution is -0.386. The number of ether oxygens (including phenoxy) is 2. The summed E-state index contributed by atoms with van der Waals surface area (Å²) >= 11 is 0. The Bertz CT molecular complexity index is 1140. The highest BCUT2D eigenvalue weighted by atomic mass is 16.6. The van der Waals surface area contributed by atoms with E-state index >= 15 is 0 Å². The zero-order valence-electron chi connectivity index (χ0n) is 16.3. The number of nitro benzene ring substituents is 1. The number of amides is 1. The quantitative estimate of drug-likeness (QED) is 0.349. The molecular formula is C21H19N3O6. The van der Waals surface area contributed by atoms with E-state index in [4.69, 9.17) is 9.47 Å². The third kappa shape index (κ3) is 4.30. The van der Waals surface area contributed by atoms with Crippen molar-refractivity contribution in [3.8, 4) is 17.2 Å². The highest BCUT2D eigenvalue weighted by Crippen LogP contribution is 2.36. The minimum Gasteiger partial charge on any atom is -0.500 e. The molecule has 9 nitrogen and oxygen atoms in total. The van der Waals surface area contributed by atoms with Gasteiger partial charge in [-0.1, -0.05) is 24.3 Å². The molecule has 154 valence electrons. The molecule has 0 bridgehead atoms. The van der Waals surface area contributed by atoms with E-state index in [0.29, 0.717) is 11.3 Å². The number of hydrazone groups is 1. The van der Waals surface area contributed by atoms with Gasteiger partial charge in [0.05, 0.1) is 30.4 Å². The van der Waals surface area contributed by atoms with E-state index in [-0.39, 0.29) is 17.9 Å². The zero-order chi connectivity index (χ0) is 21.7. The van der Waals surface area contributed by atoms with Crippen molar-refractivity contribution in [3.05, 3.63) is 69.8 Å². The summed E-state index contributed by atoms with van der Waals surface area (Å²) in [6.45, 7) is 1.90. The lowest BCUT2D eigenvalue weighted by atomic mass is 10.1. The number of phenols is 1. The molecular weight excluding hydrogens is 390 g/mol. The standard InChI is InChI=1S/C21H19N3O6/c1-3-30-19-9-13(8-17(20(19)25)24(27)28)12-22-23-21(26)16-10-14-6-4-5-7-15(14)11-18(16)29-2/h4-12,25H,3H2,1-2H3,(H,23,26)/b22-12+. The molecule has 3 aromatic rings. The van der Waals surface area contributed by atoms with Gasteiger partial charge in [0.25, 0.3) is 5.91 Å². The van der Waals surface area contributed by atoms with E-state index in [0.717, 1.165) is 16.8 Å². The van der Waals surface area contributed by atoms with Gasteiger partial charge in [-0.25, -0.2) is 5.43 Å². The number of benzene rings is 3. The molecule has 2 N–H and O–H groups in total. The number of nitrogens with one attached hydrogen (secondary N) is 1. The number of phenolic OH excluding ortho intramolecular Hbond substituents is 1. The van der Waals surface area contributed by atoms with E-state index in [9.17, 15) is 20.0 Å². The van der Waals surface area contributed by atoms with E-state index in [1.54, 1.807) is 19.1 Å². The Morgan fingerprint density at radius 1 is 1.20 bits per heavy atom. The molecule has 0 aliphatic carbocycles. The summed E-state index contributed by atoms with van der Waals surface area (Å²) < 4.78 is 10.5. The normalized spacial score (nSPS) is 10.9. The van der Waals surface area contributed by atoms with Gasteiger partial charge >= 0.3 is 5.69 Å². The van der Waals surface area contributed by atoms with Crippen LogP contribution in [0.2, 0.25) is 0 Å². The molecule has 0 unspecified atom stereocenters. The molecule has 0 heterocycles. The summed E-state index contributed by atoms with van der Waals surface area (Å²) in [5, 5.41) is 26.7. The molecule has 0 atom stereocenters.